The quantitative estimate of drug-likeness (QED) is 0.327. The Kier molecular flexibility index (Phi) is 2.97. The van der Waals surface area contributed by atoms with Gasteiger partial charge in [0.2, 0.25) is 6.10 Å². The maximum absolute atomic E-state index is 11.3. The molecule has 1 aromatic carbocycles. The lowest BCUT2D eigenvalue weighted by molar-refractivity contribution is -0.130. The molecular weight excluding hydrogens is 224 g/mol. The molecule has 0 radical (unpaired) electrons. The van der Waals surface area contributed by atoms with Crippen LogP contribution >= 0.6 is 0 Å². The minimum absolute atomic E-state index is 0.0572. The minimum atomic E-state index is -0.768. The second-order valence-electron chi connectivity index (χ2n) is 3.64. The van der Waals surface area contributed by atoms with Gasteiger partial charge in [-0.1, -0.05) is 0 Å². The lowest BCUT2D eigenvalue weighted by Crippen LogP contribution is -2.46. The van der Waals surface area contributed by atoms with E-state index >= 15 is 0 Å². The maximum atomic E-state index is 11.3. The summed E-state index contributed by atoms with van der Waals surface area (Å²) in [5.41, 5.74) is 2.53. The van der Waals surface area contributed by atoms with Gasteiger partial charge in [-0.15, -0.1) is 0 Å². The predicted octanol–water partition coefficient (Wildman–Crippen LogP) is 0.0189. The van der Waals surface area contributed by atoms with E-state index in [-0.39, 0.29) is 12.4 Å². The topological polar surface area (TPSA) is 90.7 Å². The van der Waals surface area contributed by atoms with E-state index in [0.29, 0.717) is 17.1 Å². The van der Waals surface area contributed by atoms with Crippen molar-refractivity contribution in [2.45, 2.75) is 13.0 Å². The van der Waals surface area contributed by atoms with Crippen molar-refractivity contribution < 1.29 is 19.1 Å². The van der Waals surface area contributed by atoms with E-state index in [2.05, 4.69) is 0 Å². The summed E-state index contributed by atoms with van der Waals surface area (Å²) in [6.07, 6.45) is -0.768. The summed E-state index contributed by atoms with van der Waals surface area (Å²) >= 11 is 0. The van der Waals surface area contributed by atoms with Crippen LogP contribution in [0.2, 0.25) is 0 Å². The molecule has 1 aliphatic rings. The monoisotopic (exact) mass is 236 g/mol. The minimum Gasteiger partial charge on any atom is -0.485 e. The van der Waals surface area contributed by atoms with Gasteiger partial charge in [0.25, 0.3) is 5.91 Å². The van der Waals surface area contributed by atoms with Crippen LogP contribution in [0.1, 0.15) is 17.3 Å². The normalized spacial score (nSPS) is 17.4. The number of ether oxygens (including phenoxy) is 2. The molecule has 1 atom stereocenters. The zero-order chi connectivity index (χ0) is 12.4. The van der Waals surface area contributed by atoms with Gasteiger partial charge < -0.3 is 9.47 Å². The predicted molar refractivity (Wildman–Crippen MR) is 58.7 cm³/mol. The third-order valence-electron chi connectivity index (χ3n) is 2.44. The van der Waals surface area contributed by atoms with Crippen LogP contribution in [0.3, 0.4) is 0 Å². The number of benzene rings is 1. The summed E-state index contributed by atoms with van der Waals surface area (Å²) < 4.78 is 10.7. The van der Waals surface area contributed by atoms with Crippen molar-refractivity contribution >= 4 is 11.7 Å². The van der Waals surface area contributed by atoms with E-state index in [0.717, 1.165) is 0 Å². The fourth-order valence-electron chi connectivity index (χ4n) is 1.51. The molecule has 0 spiro atoms. The molecule has 3 N–H and O–H groups in total. The van der Waals surface area contributed by atoms with Crippen LogP contribution in [0.15, 0.2) is 18.2 Å². The third kappa shape index (κ3) is 2.21. The standard InChI is InChI=1S/C11H12N2O4/c1-6(14)7-2-3-8-9(4-7)16-5-10(17-8)11(15)13-12/h2-4,10H,5,12H2,1H3,(H,13,15). The first-order chi connectivity index (χ1) is 8.11. The van der Waals surface area contributed by atoms with Gasteiger partial charge in [-0.25, -0.2) is 5.84 Å². The van der Waals surface area contributed by atoms with E-state index < -0.39 is 12.0 Å². The lowest BCUT2D eigenvalue weighted by atomic mass is 10.1. The molecule has 2 rings (SSSR count). The summed E-state index contributed by atoms with van der Waals surface area (Å²) in [7, 11) is 0. The maximum Gasteiger partial charge on any atom is 0.278 e. The molecule has 0 fully saturated rings. The van der Waals surface area contributed by atoms with Gasteiger partial charge in [-0.05, 0) is 25.1 Å². The summed E-state index contributed by atoms with van der Waals surface area (Å²) in [6.45, 7) is 1.54. The zero-order valence-corrected chi connectivity index (χ0v) is 9.23. The van der Waals surface area contributed by atoms with E-state index in [9.17, 15) is 9.59 Å². The molecule has 1 aliphatic heterocycles. The largest absolute Gasteiger partial charge is 0.485 e. The Hall–Kier alpha value is -2.08. The summed E-state index contributed by atoms with van der Waals surface area (Å²) in [5.74, 6) is 5.38. The Bertz CT molecular complexity index is 473. The van der Waals surface area contributed by atoms with Crippen LogP contribution in [0.5, 0.6) is 11.5 Å². The van der Waals surface area contributed by atoms with E-state index in [1.54, 1.807) is 18.2 Å². The number of Topliss-reactive ketones (excluding diaryl/α,β-unsaturated/α-hetero) is 1. The average molecular weight is 236 g/mol. The van der Waals surface area contributed by atoms with E-state index in [4.69, 9.17) is 15.3 Å². The van der Waals surface area contributed by atoms with E-state index in [1.165, 1.54) is 6.92 Å². The Morgan fingerprint density at radius 3 is 2.82 bits per heavy atom. The number of fused-ring (bicyclic) bond motifs is 1. The Morgan fingerprint density at radius 1 is 1.41 bits per heavy atom. The number of ketones is 1. The summed E-state index contributed by atoms with van der Waals surface area (Å²) in [4.78, 5) is 22.4. The molecule has 90 valence electrons. The second-order valence-corrected chi connectivity index (χ2v) is 3.64. The number of nitrogens with two attached hydrogens (primary N) is 1. The van der Waals surface area contributed by atoms with Crippen molar-refractivity contribution in [3.05, 3.63) is 23.8 Å². The molecule has 0 saturated heterocycles. The van der Waals surface area contributed by atoms with Crippen LogP contribution in [0.25, 0.3) is 0 Å². The van der Waals surface area contributed by atoms with Gasteiger partial charge >= 0.3 is 0 Å². The van der Waals surface area contributed by atoms with Gasteiger partial charge in [0.15, 0.2) is 17.3 Å². The number of hydrogen-bond acceptors (Lipinski definition) is 5. The first kappa shape index (κ1) is 11.4. The van der Waals surface area contributed by atoms with Crippen LogP contribution in [0, 0.1) is 0 Å². The number of nitrogens with one attached hydrogen (secondary N) is 1. The SMILES string of the molecule is CC(=O)c1ccc2c(c1)OCC(C(=O)NN)O2. The Labute approximate surface area is 97.7 Å². The highest BCUT2D eigenvalue weighted by atomic mass is 16.6. The van der Waals surface area contributed by atoms with E-state index in [1.807, 2.05) is 5.43 Å². The zero-order valence-electron chi connectivity index (χ0n) is 9.23. The molecule has 17 heavy (non-hydrogen) atoms. The summed E-state index contributed by atoms with van der Waals surface area (Å²) in [5, 5.41) is 0. The van der Waals surface area contributed by atoms with Crippen molar-refractivity contribution in [1.82, 2.24) is 5.43 Å². The van der Waals surface area contributed by atoms with Crippen molar-refractivity contribution in [2.75, 3.05) is 6.61 Å². The van der Waals surface area contributed by atoms with Crippen LogP contribution in [-0.2, 0) is 4.79 Å². The second kappa shape index (κ2) is 4.42. The number of carbonyl (C=O) groups is 2. The first-order valence-corrected chi connectivity index (χ1v) is 5.06. The molecular formula is C11H12N2O4. The molecule has 0 aromatic heterocycles. The van der Waals surface area contributed by atoms with Crippen LogP contribution < -0.4 is 20.7 Å². The van der Waals surface area contributed by atoms with Crippen molar-refractivity contribution in [2.24, 2.45) is 5.84 Å². The molecule has 0 saturated carbocycles. The van der Waals surface area contributed by atoms with Crippen molar-refractivity contribution in [1.29, 1.82) is 0 Å². The number of amides is 1. The third-order valence-corrected chi connectivity index (χ3v) is 2.44. The van der Waals surface area contributed by atoms with Gasteiger partial charge in [0.05, 0.1) is 0 Å². The van der Waals surface area contributed by atoms with Crippen LogP contribution in [0.4, 0.5) is 0 Å². The van der Waals surface area contributed by atoms with Gasteiger partial charge in [-0.3, -0.25) is 15.0 Å². The number of hydrogen-bond donors (Lipinski definition) is 2. The molecule has 0 bridgehead atoms. The molecule has 0 aliphatic carbocycles. The van der Waals surface area contributed by atoms with Crippen molar-refractivity contribution in [3.8, 4) is 11.5 Å². The Balaban J connectivity index is 2.23. The molecule has 1 unspecified atom stereocenters. The van der Waals surface area contributed by atoms with Crippen molar-refractivity contribution in [3.63, 3.8) is 0 Å². The molecule has 6 heteroatoms. The fraction of sp³-hybridized carbons (Fsp3) is 0.273. The molecule has 1 amide bonds. The Morgan fingerprint density at radius 2 is 2.18 bits per heavy atom. The van der Waals surface area contributed by atoms with Gasteiger partial charge in [0.1, 0.15) is 6.61 Å². The lowest BCUT2D eigenvalue weighted by Gasteiger charge is -2.25. The highest BCUT2D eigenvalue weighted by Gasteiger charge is 2.27. The molecule has 6 nitrogen and oxygen atoms in total. The van der Waals surface area contributed by atoms with Crippen LogP contribution in [-0.4, -0.2) is 24.4 Å². The number of carbonyl (C=O) groups excluding carboxylic acids is 2. The number of rotatable bonds is 2. The summed E-state index contributed by atoms with van der Waals surface area (Å²) in [6, 6.07) is 4.81. The van der Waals surface area contributed by atoms with Gasteiger partial charge in [0, 0.05) is 5.56 Å². The highest BCUT2D eigenvalue weighted by Crippen LogP contribution is 2.32. The fourth-order valence-corrected chi connectivity index (χ4v) is 1.51. The molecule has 1 aromatic rings. The first-order valence-electron chi connectivity index (χ1n) is 5.06. The number of hydrazine groups is 1. The smallest absolute Gasteiger partial charge is 0.278 e. The van der Waals surface area contributed by atoms with Gasteiger partial charge in [-0.2, -0.15) is 0 Å². The average Bonchev–Trinajstić information content (AvgIpc) is 2.36. The highest BCUT2D eigenvalue weighted by molar-refractivity contribution is 5.94. The molecule has 1 heterocycles.